The standard InChI is InChI=1S/C14H12O3S/c1-14(11-7-3-2-4-8-11)12-9-5-6-10-13(12)18(15,16)17-14/h2-10H,1H3. The highest BCUT2D eigenvalue weighted by Crippen LogP contribution is 2.45. The molecule has 0 saturated carbocycles. The summed E-state index contributed by atoms with van der Waals surface area (Å²) in [6, 6.07) is 16.3. The summed E-state index contributed by atoms with van der Waals surface area (Å²) >= 11 is 0. The largest absolute Gasteiger partial charge is 0.298 e. The molecule has 0 N–H and O–H groups in total. The minimum atomic E-state index is -3.66. The summed E-state index contributed by atoms with van der Waals surface area (Å²) in [5, 5.41) is 0. The van der Waals surface area contributed by atoms with E-state index in [1.54, 1.807) is 25.1 Å². The van der Waals surface area contributed by atoms with Gasteiger partial charge in [0.2, 0.25) is 0 Å². The second-order valence-electron chi connectivity index (χ2n) is 4.43. The summed E-state index contributed by atoms with van der Waals surface area (Å²) < 4.78 is 29.4. The Morgan fingerprint density at radius 1 is 0.944 bits per heavy atom. The Hall–Kier alpha value is -1.65. The van der Waals surface area contributed by atoms with Crippen molar-refractivity contribution in [2.24, 2.45) is 0 Å². The highest BCUT2D eigenvalue weighted by molar-refractivity contribution is 7.87. The molecule has 1 unspecified atom stereocenters. The van der Waals surface area contributed by atoms with Gasteiger partial charge in [0.1, 0.15) is 10.5 Å². The molecule has 0 radical (unpaired) electrons. The van der Waals surface area contributed by atoms with Crippen LogP contribution in [0.3, 0.4) is 0 Å². The number of fused-ring (bicyclic) bond motifs is 1. The van der Waals surface area contributed by atoms with E-state index in [1.807, 2.05) is 36.4 Å². The first-order valence-corrected chi connectivity index (χ1v) is 7.05. The molecule has 2 aromatic carbocycles. The van der Waals surface area contributed by atoms with Crippen LogP contribution in [0.1, 0.15) is 18.1 Å². The Morgan fingerprint density at radius 3 is 2.28 bits per heavy atom. The molecule has 1 atom stereocenters. The molecule has 0 fully saturated rings. The molecule has 1 heterocycles. The van der Waals surface area contributed by atoms with E-state index in [0.29, 0.717) is 5.56 Å². The zero-order chi connectivity index (χ0) is 12.8. The molecule has 1 aliphatic heterocycles. The first-order valence-electron chi connectivity index (χ1n) is 5.65. The molecule has 0 saturated heterocycles. The SMILES string of the molecule is CC1(c2ccccc2)OS(=O)(=O)c2ccccc21. The Balaban J connectivity index is 2.29. The van der Waals surface area contributed by atoms with Gasteiger partial charge in [0.15, 0.2) is 0 Å². The Kier molecular flexibility index (Phi) is 2.33. The zero-order valence-corrected chi connectivity index (χ0v) is 10.6. The normalized spacial score (nSPS) is 24.7. The zero-order valence-electron chi connectivity index (χ0n) is 9.83. The smallest absolute Gasteiger partial charge is 0.250 e. The highest BCUT2D eigenvalue weighted by atomic mass is 32.2. The fraction of sp³-hybridized carbons (Fsp3) is 0.143. The van der Waals surface area contributed by atoms with Crippen molar-refractivity contribution in [2.45, 2.75) is 17.4 Å². The number of hydrogen-bond donors (Lipinski definition) is 0. The molecule has 1 aliphatic rings. The van der Waals surface area contributed by atoms with Crippen molar-refractivity contribution in [1.29, 1.82) is 0 Å². The lowest BCUT2D eigenvalue weighted by Crippen LogP contribution is -2.23. The van der Waals surface area contributed by atoms with Crippen molar-refractivity contribution in [3.8, 4) is 0 Å². The summed E-state index contributed by atoms with van der Waals surface area (Å²) in [4.78, 5) is 0.261. The van der Waals surface area contributed by atoms with E-state index in [9.17, 15) is 8.42 Å². The fourth-order valence-electron chi connectivity index (χ4n) is 2.35. The number of rotatable bonds is 1. The van der Waals surface area contributed by atoms with Gasteiger partial charge in [-0.15, -0.1) is 0 Å². The maximum Gasteiger partial charge on any atom is 0.298 e. The van der Waals surface area contributed by atoms with E-state index in [4.69, 9.17) is 4.18 Å². The second-order valence-corrected chi connectivity index (χ2v) is 5.95. The van der Waals surface area contributed by atoms with Gasteiger partial charge in [0, 0.05) is 5.56 Å². The molecule has 0 spiro atoms. The summed E-state index contributed by atoms with van der Waals surface area (Å²) in [5.41, 5.74) is 0.589. The Bertz CT molecular complexity index is 692. The van der Waals surface area contributed by atoms with Crippen LogP contribution >= 0.6 is 0 Å². The minimum Gasteiger partial charge on any atom is -0.250 e. The van der Waals surface area contributed by atoms with Crippen LogP contribution in [-0.2, 0) is 19.9 Å². The van der Waals surface area contributed by atoms with Crippen LogP contribution < -0.4 is 0 Å². The molecule has 2 aromatic rings. The molecule has 3 nitrogen and oxygen atoms in total. The molecular weight excluding hydrogens is 248 g/mol. The highest BCUT2D eigenvalue weighted by Gasteiger charge is 2.46. The monoisotopic (exact) mass is 260 g/mol. The van der Waals surface area contributed by atoms with Gasteiger partial charge < -0.3 is 0 Å². The fourth-order valence-corrected chi connectivity index (χ4v) is 3.84. The van der Waals surface area contributed by atoms with Gasteiger partial charge in [-0.3, -0.25) is 4.18 Å². The molecule has 0 bridgehead atoms. The average Bonchev–Trinajstić information content (AvgIpc) is 2.60. The van der Waals surface area contributed by atoms with Crippen molar-refractivity contribution in [1.82, 2.24) is 0 Å². The summed E-state index contributed by atoms with van der Waals surface area (Å²) in [7, 11) is -3.66. The summed E-state index contributed by atoms with van der Waals surface area (Å²) in [6.45, 7) is 1.78. The minimum absolute atomic E-state index is 0.261. The third-order valence-corrected chi connectivity index (χ3v) is 4.72. The van der Waals surface area contributed by atoms with Crippen LogP contribution in [0.15, 0.2) is 59.5 Å². The van der Waals surface area contributed by atoms with Gasteiger partial charge >= 0.3 is 0 Å². The molecule has 92 valence electrons. The summed E-state index contributed by atoms with van der Waals surface area (Å²) in [6.07, 6.45) is 0. The molecule has 3 rings (SSSR count). The van der Waals surface area contributed by atoms with Crippen molar-refractivity contribution in [3.05, 3.63) is 65.7 Å². The van der Waals surface area contributed by atoms with Crippen LogP contribution in [0.4, 0.5) is 0 Å². The van der Waals surface area contributed by atoms with E-state index in [-0.39, 0.29) is 4.90 Å². The summed E-state index contributed by atoms with van der Waals surface area (Å²) in [5.74, 6) is 0. The Morgan fingerprint density at radius 2 is 1.56 bits per heavy atom. The van der Waals surface area contributed by atoms with Crippen LogP contribution in [0.2, 0.25) is 0 Å². The van der Waals surface area contributed by atoms with Crippen LogP contribution in [0, 0.1) is 0 Å². The van der Waals surface area contributed by atoms with Crippen molar-refractivity contribution >= 4 is 10.1 Å². The molecular formula is C14H12O3S. The number of benzene rings is 2. The second kappa shape index (κ2) is 3.67. The lowest BCUT2D eigenvalue weighted by molar-refractivity contribution is 0.156. The first-order chi connectivity index (χ1) is 8.54. The maximum atomic E-state index is 12.0. The Labute approximate surface area is 106 Å². The molecule has 0 amide bonds. The third kappa shape index (κ3) is 1.50. The van der Waals surface area contributed by atoms with Gasteiger partial charge in [-0.25, -0.2) is 0 Å². The lowest BCUT2D eigenvalue weighted by Gasteiger charge is -2.23. The predicted octanol–water partition coefficient (Wildman–Crippen LogP) is 2.67. The van der Waals surface area contributed by atoms with Gasteiger partial charge in [0.05, 0.1) is 0 Å². The lowest BCUT2D eigenvalue weighted by atomic mass is 9.88. The van der Waals surface area contributed by atoms with Crippen LogP contribution in [0.25, 0.3) is 0 Å². The van der Waals surface area contributed by atoms with E-state index in [1.165, 1.54) is 0 Å². The van der Waals surface area contributed by atoms with Crippen molar-refractivity contribution < 1.29 is 12.6 Å². The molecule has 0 aliphatic carbocycles. The van der Waals surface area contributed by atoms with E-state index >= 15 is 0 Å². The van der Waals surface area contributed by atoms with Crippen molar-refractivity contribution in [3.63, 3.8) is 0 Å². The molecule has 18 heavy (non-hydrogen) atoms. The molecule has 0 aromatic heterocycles. The quantitative estimate of drug-likeness (QED) is 0.740. The maximum absolute atomic E-state index is 12.0. The van der Waals surface area contributed by atoms with Gasteiger partial charge in [0.25, 0.3) is 10.1 Å². The van der Waals surface area contributed by atoms with E-state index < -0.39 is 15.7 Å². The predicted molar refractivity (Wildman–Crippen MR) is 67.6 cm³/mol. The third-order valence-electron chi connectivity index (χ3n) is 3.27. The van der Waals surface area contributed by atoms with Crippen LogP contribution in [-0.4, -0.2) is 8.42 Å². The number of hydrogen-bond acceptors (Lipinski definition) is 3. The van der Waals surface area contributed by atoms with Crippen molar-refractivity contribution in [2.75, 3.05) is 0 Å². The van der Waals surface area contributed by atoms with Crippen LogP contribution in [0.5, 0.6) is 0 Å². The van der Waals surface area contributed by atoms with E-state index in [2.05, 4.69) is 0 Å². The van der Waals surface area contributed by atoms with Gasteiger partial charge in [-0.05, 0) is 18.6 Å². The molecule has 4 heteroatoms. The van der Waals surface area contributed by atoms with E-state index in [0.717, 1.165) is 5.56 Å². The average molecular weight is 260 g/mol. The first kappa shape index (κ1) is 11.4. The van der Waals surface area contributed by atoms with Gasteiger partial charge in [-0.1, -0.05) is 48.5 Å². The topological polar surface area (TPSA) is 43.4 Å². The van der Waals surface area contributed by atoms with Gasteiger partial charge in [-0.2, -0.15) is 8.42 Å².